The molecule has 0 aliphatic rings. The monoisotopic (exact) mass is 228 g/mol. The van der Waals surface area contributed by atoms with Crippen LogP contribution in [0, 0.1) is 0 Å². The number of hydrogen-bond donors (Lipinski definition) is 1. The Bertz CT molecular complexity index is 355. The maximum absolute atomic E-state index is 11.4. The first-order valence-corrected chi connectivity index (χ1v) is 5.14. The summed E-state index contributed by atoms with van der Waals surface area (Å²) in [6, 6.07) is 3.30. The molecule has 1 aromatic heterocycles. The van der Waals surface area contributed by atoms with Gasteiger partial charge in [0.1, 0.15) is 11.0 Å². The van der Waals surface area contributed by atoms with Crippen LogP contribution in [0.25, 0.3) is 0 Å². The number of nitrogens with one attached hydrogen (secondary N) is 1. The highest BCUT2D eigenvalue weighted by atomic mass is 35.5. The number of ether oxygens (including phenoxy) is 1. The van der Waals surface area contributed by atoms with Crippen LogP contribution in [0.1, 0.15) is 24.2 Å². The SMILES string of the molecule is CCNc1ccc(C(=O)OCC)c(Cl)n1. The van der Waals surface area contributed by atoms with Crippen molar-refractivity contribution in [1.29, 1.82) is 0 Å². The molecule has 0 aliphatic carbocycles. The van der Waals surface area contributed by atoms with Gasteiger partial charge in [-0.3, -0.25) is 0 Å². The Morgan fingerprint density at radius 3 is 2.80 bits per heavy atom. The van der Waals surface area contributed by atoms with Crippen molar-refractivity contribution >= 4 is 23.4 Å². The average molecular weight is 229 g/mol. The lowest BCUT2D eigenvalue weighted by Gasteiger charge is -2.06. The molecule has 1 rings (SSSR count). The minimum absolute atomic E-state index is 0.159. The maximum Gasteiger partial charge on any atom is 0.341 e. The summed E-state index contributed by atoms with van der Waals surface area (Å²) < 4.78 is 4.82. The van der Waals surface area contributed by atoms with Crippen LogP contribution in [0.5, 0.6) is 0 Å². The summed E-state index contributed by atoms with van der Waals surface area (Å²) in [6.07, 6.45) is 0. The van der Waals surface area contributed by atoms with E-state index < -0.39 is 5.97 Å². The first-order chi connectivity index (χ1) is 7.19. The van der Waals surface area contributed by atoms with Gasteiger partial charge in [0.05, 0.1) is 12.2 Å². The van der Waals surface area contributed by atoms with Gasteiger partial charge in [0.25, 0.3) is 0 Å². The Morgan fingerprint density at radius 1 is 1.53 bits per heavy atom. The molecule has 0 radical (unpaired) electrons. The van der Waals surface area contributed by atoms with Crippen molar-refractivity contribution in [1.82, 2.24) is 4.98 Å². The van der Waals surface area contributed by atoms with Crippen molar-refractivity contribution < 1.29 is 9.53 Å². The van der Waals surface area contributed by atoms with Gasteiger partial charge in [0.15, 0.2) is 0 Å². The molecule has 1 aromatic rings. The van der Waals surface area contributed by atoms with Crippen molar-refractivity contribution in [3.63, 3.8) is 0 Å². The van der Waals surface area contributed by atoms with E-state index in [-0.39, 0.29) is 5.15 Å². The third-order valence-electron chi connectivity index (χ3n) is 1.70. The zero-order valence-electron chi connectivity index (χ0n) is 8.71. The van der Waals surface area contributed by atoms with Crippen LogP contribution in [-0.4, -0.2) is 24.1 Å². The van der Waals surface area contributed by atoms with Gasteiger partial charge in [-0.25, -0.2) is 9.78 Å². The van der Waals surface area contributed by atoms with Crippen molar-refractivity contribution in [2.75, 3.05) is 18.5 Å². The predicted octanol–water partition coefficient (Wildman–Crippen LogP) is 2.34. The van der Waals surface area contributed by atoms with Gasteiger partial charge in [-0.05, 0) is 26.0 Å². The van der Waals surface area contributed by atoms with Crippen LogP contribution < -0.4 is 5.32 Å². The quantitative estimate of drug-likeness (QED) is 0.635. The molecule has 0 saturated carbocycles. The fourth-order valence-corrected chi connectivity index (χ4v) is 1.31. The molecular weight excluding hydrogens is 216 g/mol. The number of carbonyl (C=O) groups excluding carboxylic acids is 1. The van der Waals surface area contributed by atoms with E-state index in [1.54, 1.807) is 19.1 Å². The number of anilines is 1. The van der Waals surface area contributed by atoms with Crippen molar-refractivity contribution in [2.24, 2.45) is 0 Å². The Morgan fingerprint density at radius 2 is 2.27 bits per heavy atom. The summed E-state index contributed by atoms with van der Waals surface area (Å²) in [5.74, 6) is 0.202. The molecule has 0 bridgehead atoms. The molecule has 15 heavy (non-hydrogen) atoms. The van der Waals surface area contributed by atoms with Crippen molar-refractivity contribution in [3.8, 4) is 0 Å². The predicted molar refractivity (Wildman–Crippen MR) is 59.4 cm³/mol. The zero-order chi connectivity index (χ0) is 11.3. The van der Waals surface area contributed by atoms with E-state index in [0.717, 1.165) is 6.54 Å². The van der Waals surface area contributed by atoms with Crippen LogP contribution >= 0.6 is 11.6 Å². The molecule has 1 N–H and O–H groups in total. The molecule has 0 saturated heterocycles. The number of halogens is 1. The van der Waals surface area contributed by atoms with Gasteiger partial charge < -0.3 is 10.1 Å². The first-order valence-electron chi connectivity index (χ1n) is 4.76. The van der Waals surface area contributed by atoms with E-state index >= 15 is 0 Å². The summed E-state index contributed by atoms with van der Waals surface area (Å²) in [7, 11) is 0. The van der Waals surface area contributed by atoms with E-state index in [4.69, 9.17) is 16.3 Å². The third kappa shape index (κ3) is 3.09. The molecule has 82 valence electrons. The molecule has 1 heterocycles. The summed E-state index contributed by atoms with van der Waals surface area (Å²) >= 11 is 5.84. The molecule has 5 heteroatoms. The van der Waals surface area contributed by atoms with Gasteiger partial charge in [-0.15, -0.1) is 0 Å². The Kier molecular flexibility index (Phi) is 4.37. The van der Waals surface area contributed by atoms with Crippen molar-refractivity contribution in [2.45, 2.75) is 13.8 Å². The molecule has 4 nitrogen and oxygen atoms in total. The maximum atomic E-state index is 11.4. The third-order valence-corrected chi connectivity index (χ3v) is 1.99. The Balaban J connectivity index is 2.87. The van der Waals surface area contributed by atoms with Crippen LogP contribution in [0.15, 0.2) is 12.1 Å². The van der Waals surface area contributed by atoms with Gasteiger partial charge in [-0.1, -0.05) is 11.6 Å². The first kappa shape index (κ1) is 11.8. The highest BCUT2D eigenvalue weighted by Crippen LogP contribution is 2.17. The molecule has 0 fully saturated rings. The molecule has 0 unspecified atom stereocenters. The number of esters is 1. The summed E-state index contributed by atoms with van der Waals surface area (Å²) in [5, 5.41) is 3.16. The average Bonchev–Trinajstić information content (AvgIpc) is 2.18. The van der Waals surface area contributed by atoms with Crippen molar-refractivity contribution in [3.05, 3.63) is 22.8 Å². The Hall–Kier alpha value is -1.29. The standard InChI is InChI=1S/C10H13ClN2O2/c1-3-12-8-6-5-7(9(11)13-8)10(14)15-4-2/h5-6H,3-4H2,1-2H3,(H,12,13). The Labute approximate surface area is 93.6 Å². The number of hydrogen-bond acceptors (Lipinski definition) is 4. The largest absolute Gasteiger partial charge is 0.462 e. The van der Waals surface area contributed by atoms with Gasteiger partial charge in [0.2, 0.25) is 0 Å². The topological polar surface area (TPSA) is 51.2 Å². The molecule has 0 amide bonds. The van der Waals surface area contributed by atoms with E-state index in [1.165, 1.54) is 0 Å². The molecule has 0 aromatic carbocycles. The second-order valence-electron chi connectivity index (χ2n) is 2.79. The number of carbonyl (C=O) groups is 1. The number of pyridine rings is 1. The van der Waals surface area contributed by atoms with Crippen LogP contribution in [0.3, 0.4) is 0 Å². The lowest BCUT2D eigenvalue weighted by atomic mass is 10.3. The normalized spacial score (nSPS) is 9.80. The van der Waals surface area contributed by atoms with Gasteiger partial charge in [-0.2, -0.15) is 0 Å². The molecular formula is C10H13ClN2O2. The highest BCUT2D eigenvalue weighted by Gasteiger charge is 2.12. The number of aromatic nitrogens is 1. The summed E-state index contributed by atoms with van der Waals surface area (Å²) in [4.78, 5) is 15.4. The lowest BCUT2D eigenvalue weighted by molar-refractivity contribution is 0.0526. The number of nitrogens with zero attached hydrogens (tertiary/aromatic N) is 1. The van der Waals surface area contributed by atoms with Crippen LogP contribution in [-0.2, 0) is 4.74 Å². The minimum Gasteiger partial charge on any atom is -0.462 e. The van der Waals surface area contributed by atoms with Crippen LogP contribution in [0.4, 0.5) is 5.82 Å². The van der Waals surface area contributed by atoms with E-state index in [9.17, 15) is 4.79 Å². The van der Waals surface area contributed by atoms with E-state index in [1.807, 2.05) is 6.92 Å². The molecule has 0 aliphatic heterocycles. The minimum atomic E-state index is -0.446. The van der Waals surface area contributed by atoms with Crippen LogP contribution in [0.2, 0.25) is 5.15 Å². The van der Waals surface area contributed by atoms with E-state index in [2.05, 4.69) is 10.3 Å². The smallest absolute Gasteiger partial charge is 0.341 e. The fourth-order valence-electron chi connectivity index (χ4n) is 1.07. The lowest BCUT2D eigenvalue weighted by Crippen LogP contribution is -2.07. The number of rotatable bonds is 4. The molecule has 0 atom stereocenters. The van der Waals surface area contributed by atoms with E-state index in [0.29, 0.717) is 18.0 Å². The fraction of sp³-hybridized carbons (Fsp3) is 0.400. The summed E-state index contributed by atoms with van der Waals surface area (Å²) in [6.45, 7) is 4.77. The van der Waals surface area contributed by atoms with Gasteiger partial charge in [0, 0.05) is 6.54 Å². The van der Waals surface area contributed by atoms with Gasteiger partial charge >= 0.3 is 5.97 Å². The second kappa shape index (κ2) is 5.56. The highest BCUT2D eigenvalue weighted by molar-refractivity contribution is 6.32. The molecule has 0 spiro atoms. The second-order valence-corrected chi connectivity index (χ2v) is 3.14. The summed E-state index contributed by atoms with van der Waals surface area (Å²) in [5.41, 5.74) is 0.292. The zero-order valence-corrected chi connectivity index (χ0v) is 9.47.